The molecule has 2 rings (SSSR count). The van der Waals surface area contributed by atoms with Crippen molar-refractivity contribution in [2.45, 2.75) is 26.1 Å². The zero-order valence-corrected chi connectivity index (χ0v) is 7.53. The average Bonchev–Trinajstić information content (AvgIpc) is 2.62. The topological polar surface area (TPSA) is 42.2 Å². The molecular formula is C8H12FN3O. The van der Waals surface area contributed by atoms with Crippen LogP contribution in [0.25, 0.3) is 0 Å². The monoisotopic (exact) mass is 185 g/mol. The summed E-state index contributed by atoms with van der Waals surface area (Å²) in [6.45, 7) is 3.61. The lowest BCUT2D eigenvalue weighted by Gasteiger charge is -2.10. The van der Waals surface area contributed by atoms with E-state index in [0.29, 0.717) is 31.2 Å². The first kappa shape index (κ1) is 8.62. The highest BCUT2D eigenvalue weighted by Gasteiger charge is 2.23. The van der Waals surface area contributed by atoms with Gasteiger partial charge in [0.05, 0.1) is 6.54 Å². The minimum absolute atomic E-state index is 0.488. The highest BCUT2D eigenvalue weighted by Crippen LogP contribution is 2.14. The molecule has 13 heavy (non-hydrogen) atoms. The Kier molecular flexibility index (Phi) is 2.26. The second kappa shape index (κ2) is 3.41. The molecule has 1 aromatic rings. The first-order valence-electron chi connectivity index (χ1n) is 4.39. The van der Waals surface area contributed by atoms with E-state index in [4.69, 9.17) is 4.52 Å². The van der Waals surface area contributed by atoms with Gasteiger partial charge in [0.1, 0.15) is 6.17 Å². The number of halogens is 1. The van der Waals surface area contributed by atoms with Gasteiger partial charge in [-0.2, -0.15) is 4.98 Å². The summed E-state index contributed by atoms with van der Waals surface area (Å²) in [5.41, 5.74) is 0. The van der Waals surface area contributed by atoms with E-state index in [1.165, 1.54) is 0 Å². The van der Waals surface area contributed by atoms with Crippen LogP contribution in [0.5, 0.6) is 0 Å². The predicted octanol–water partition coefficient (Wildman–Crippen LogP) is 0.922. The quantitative estimate of drug-likeness (QED) is 0.687. The lowest BCUT2D eigenvalue weighted by atomic mass is 10.3. The van der Waals surface area contributed by atoms with Crippen LogP contribution in [0, 0.1) is 6.92 Å². The van der Waals surface area contributed by atoms with Gasteiger partial charge < -0.3 is 4.52 Å². The van der Waals surface area contributed by atoms with Crippen molar-refractivity contribution in [3.8, 4) is 0 Å². The van der Waals surface area contributed by atoms with E-state index in [2.05, 4.69) is 10.1 Å². The molecule has 0 radical (unpaired) electrons. The van der Waals surface area contributed by atoms with Gasteiger partial charge in [0, 0.05) is 13.1 Å². The van der Waals surface area contributed by atoms with E-state index in [-0.39, 0.29) is 0 Å². The van der Waals surface area contributed by atoms with Crippen molar-refractivity contribution in [3.63, 3.8) is 0 Å². The zero-order chi connectivity index (χ0) is 9.26. The number of likely N-dealkylation sites (tertiary alicyclic amines) is 1. The van der Waals surface area contributed by atoms with E-state index < -0.39 is 6.17 Å². The maximum atomic E-state index is 12.8. The summed E-state index contributed by atoms with van der Waals surface area (Å²) >= 11 is 0. The summed E-state index contributed by atoms with van der Waals surface area (Å²) in [4.78, 5) is 6.04. The Balaban J connectivity index is 1.91. The summed E-state index contributed by atoms with van der Waals surface area (Å²) in [7, 11) is 0. The van der Waals surface area contributed by atoms with E-state index in [9.17, 15) is 4.39 Å². The lowest BCUT2D eigenvalue weighted by Crippen LogP contribution is -2.20. The van der Waals surface area contributed by atoms with Crippen molar-refractivity contribution in [1.29, 1.82) is 0 Å². The fourth-order valence-electron chi connectivity index (χ4n) is 1.52. The van der Waals surface area contributed by atoms with Crippen LogP contribution in [0.2, 0.25) is 0 Å². The van der Waals surface area contributed by atoms with Crippen molar-refractivity contribution < 1.29 is 8.91 Å². The highest BCUT2D eigenvalue weighted by molar-refractivity contribution is 4.85. The summed E-state index contributed by atoms with van der Waals surface area (Å²) in [5.74, 6) is 1.21. The molecule has 0 aliphatic carbocycles. The Hall–Kier alpha value is -0.970. The SMILES string of the molecule is Cc1noc(CN2CCC(F)C2)n1. The Morgan fingerprint density at radius 2 is 2.54 bits per heavy atom. The van der Waals surface area contributed by atoms with Crippen LogP contribution in [-0.2, 0) is 6.54 Å². The normalized spacial score (nSPS) is 24.0. The fourth-order valence-corrected chi connectivity index (χ4v) is 1.52. The van der Waals surface area contributed by atoms with Gasteiger partial charge in [0.2, 0.25) is 5.89 Å². The Labute approximate surface area is 75.7 Å². The van der Waals surface area contributed by atoms with E-state index in [1.54, 1.807) is 6.92 Å². The van der Waals surface area contributed by atoms with E-state index >= 15 is 0 Å². The molecule has 1 saturated heterocycles. The molecule has 0 spiro atoms. The van der Waals surface area contributed by atoms with Crippen LogP contribution >= 0.6 is 0 Å². The van der Waals surface area contributed by atoms with Crippen LogP contribution in [0.4, 0.5) is 4.39 Å². The second-order valence-electron chi connectivity index (χ2n) is 3.36. The number of nitrogens with zero attached hydrogens (tertiary/aromatic N) is 3. The van der Waals surface area contributed by atoms with Gasteiger partial charge in [-0.05, 0) is 13.3 Å². The molecule has 1 atom stereocenters. The van der Waals surface area contributed by atoms with Gasteiger partial charge in [-0.15, -0.1) is 0 Å². The molecule has 72 valence electrons. The van der Waals surface area contributed by atoms with Crippen LogP contribution in [0.3, 0.4) is 0 Å². The summed E-state index contributed by atoms with van der Waals surface area (Å²) in [6, 6.07) is 0. The average molecular weight is 185 g/mol. The molecule has 1 aromatic heterocycles. The zero-order valence-electron chi connectivity index (χ0n) is 7.53. The van der Waals surface area contributed by atoms with Crippen LogP contribution in [-0.4, -0.2) is 34.3 Å². The number of alkyl halides is 1. The van der Waals surface area contributed by atoms with Crippen LogP contribution < -0.4 is 0 Å². The number of aryl methyl sites for hydroxylation is 1. The van der Waals surface area contributed by atoms with Crippen LogP contribution in [0.1, 0.15) is 18.1 Å². The summed E-state index contributed by atoms with van der Waals surface area (Å²) in [6.07, 6.45) is -0.0725. The molecule has 1 fully saturated rings. The lowest BCUT2D eigenvalue weighted by molar-refractivity contribution is 0.245. The highest BCUT2D eigenvalue weighted by atomic mass is 19.1. The Bertz CT molecular complexity index is 289. The molecule has 0 saturated carbocycles. The van der Waals surface area contributed by atoms with E-state index in [0.717, 1.165) is 6.54 Å². The molecular weight excluding hydrogens is 173 g/mol. The van der Waals surface area contributed by atoms with Crippen LogP contribution in [0.15, 0.2) is 4.52 Å². The molecule has 1 aliphatic rings. The van der Waals surface area contributed by atoms with Gasteiger partial charge >= 0.3 is 0 Å². The first-order valence-corrected chi connectivity index (χ1v) is 4.39. The number of rotatable bonds is 2. The predicted molar refractivity (Wildman–Crippen MR) is 43.8 cm³/mol. The molecule has 0 aromatic carbocycles. The van der Waals surface area contributed by atoms with Gasteiger partial charge in [0.25, 0.3) is 0 Å². The number of aromatic nitrogens is 2. The van der Waals surface area contributed by atoms with Crippen molar-refractivity contribution >= 4 is 0 Å². The third-order valence-electron chi connectivity index (χ3n) is 2.14. The molecule has 0 amide bonds. The first-order chi connectivity index (χ1) is 6.24. The minimum atomic E-state index is -0.691. The molecule has 1 aliphatic heterocycles. The largest absolute Gasteiger partial charge is 0.338 e. The van der Waals surface area contributed by atoms with E-state index in [1.807, 2.05) is 4.90 Å². The van der Waals surface area contributed by atoms with Crippen molar-refractivity contribution in [3.05, 3.63) is 11.7 Å². The molecule has 1 unspecified atom stereocenters. The maximum absolute atomic E-state index is 12.8. The summed E-state index contributed by atoms with van der Waals surface area (Å²) in [5, 5.41) is 3.67. The third-order valence-corrected chi connectivity index (χ3v) is 2.14. The number of hydrogen-bond acceptors (Lipinski definition) is 4. The standard InChI is InChI=1S/C8H12FN3O/c1-6-10-8(13-11-6)5-12-3-2-7(9)4-12/h7H,2-5H2,1H3. The smallest absolute Gasteiger partial charge is 0.240 e. The fraction of sp³-hybridized carbons (Fsp3) is 0.750. The van der Waals surface area contributed by atoms with Gasteiger partial charge in [-0.25, -0.2) is 4.39 Å². The van der Waals surface area contributed by atoms with Gasteiger partial charge in [-0.1, -0.05) is 5.16 Å². The molecule has 0 bridgehead atoms. The van der Waals surface area contributed by atoms with Crippen molar-refractivity contribution in [1.82, 2.24) is 15.0 Å². The molecule has 5 heteroatoms. The van der Waals surface area contributed by atoms with Gasteiger partial charge in [-0.3, -0.25) is 4.90 Å². The Morgan fingerprint density at radius 1 is 1.69 bits per heavy atom. The molecule has 2 heterocycles. The second-order valence-corrected chi connectivity index (χ2v) is 3.36. The van der Waals surface area contributed by atoms with Crippen molar-refractivity contribution in [2.75, 3.05) is 13.1 Å². The molecule has 0 N–H and O–H groups in total. The number of hydrogen-bond donors (Lipinski definition) is 0. The minimum Gasteiger partial charge on any atom is -0.338 e. The Morgan fingerprint density at radius 3 is 3.08 bits per heavy atom. The van der Waals surface area contributed by atoms with Crippen molar-refractivity contribution in [2.24, 2.45) is 0 Å². The van der Waals surface area contributed by atoms with Gasteiger partial charge in [0.15, 0.2) is 5.82 Å². The molecule has 4 nitrogen and oxygen atoms in total. The summed E-state index contributed by atoms with van der Waals surface area (Å²) < 4.78 is 17.7. The third kappa shape index (κ3) is 2.03. The maximum Gasteiger partial charge on any atom is 0.240 e.